The molecule has 14 heteroatoms. The van der Waals surface area contributed by atoms with Crippen molar-refractivity contribution in [2.75, 3.05) is 6.54 Å². The van der Waals surface area contributed by atoms with Crippen molar-refractivity contribution in [3.8, 4) is 0 Å². The van der Waals surface area contributed by atoms with E-state index in [1.807, 2.05) is 0 Å². The second-order valence-corrected chi connectivity index (χ2v) is 9.03. The van der Waals surface area contributed by atoms with E-state index in [0.717, 1.165) is 0 Å². The van der Waals surface area contributed by atoms with Gasteiger partial charge in [-0.15, -0.1) is 0 Å². The standard InChI is InChI=1S/C24H37N7O7/c1-13(2)19(22(36)30-17(23(37)38)11-14-7-4-3-5-8-14)31-21(35)16(9-6-10-28-24(26)27)29-20(34)15(25)12-18(32)33/h3-5,7-8,13,15-17,19H,6,9-12,25H2,1-2H3,(H,29,34)(H,30,36)(H,31,35)(H,32,33)(H,37,38)(H4,26,27,28). The first kappa shape index (κ1) is 31.8. The van der Waals surface area contributed by atoms with Crippen LogP contribution in [0.4, 0.5) is 0 Å². The number of carbonyl (C=O) groups is 5. The van der Waals surface area contributed by atoms with Crippen LogP contribution in [0.3, 0.4) is 0 Å². The fraction of sp³-hybridized carbons (Fsp3) is 0.500. The van der Waals surface area contributed by atoms with Crippen LogP contribution in [-0.4, -0.2) is 76.5 Å². The Labute approximate surface area is 220 Å². The lowest BCUT2D eigenvalue weighted by Gasteiger charge is -2.27. The van der Waals surface area contributed by atoms with Gasteiger partial charge in [-0.25, -0.2) is 4.79 Å². The summed E-state index contributed by atoms with van der Waals surface area (Å²) in [6, 6.07) is 3.77. The fourth-order valence-electron chi connectivity index (χ4n) is 3.43. The molecule has 0 aliphatic carbocycles. The van der Waals surface area contributed by atoms with Crippen LogP contribution in [0.25, 0.3) is 0 Å². The highest BCUT2D eigenvalue weighted by Gasteiger charge is 2.32. The normalized spacial score (nSPS) is 13.9. The Hall–Kier alpha value is -4.20. The van der Waals surface area contributed by atoms with E-state index >= 15 is 0 Å². The van der Waals surface area contributed by atoms with E-state index in [1.54, 1.807) is 44.2 Å². The van der Waals surface area contributed by atoms with Crippen LogP contribution in [0.5, 0.6) is 0 Å². The summed E-state index contributed by atoms with van der Waals surface area (Å²) < 4.78 is 0. The number of carboxylic acids is 2. The summed E-state index contributed by atoms with van der Waals surface area (Å²) in [5, 5.41) is 25.9. The number of hydrogen-bond donors (Lipinski definition) is 8. The van der Waals surface area contributed by atoms with Gasteiger partial charge in [-0.2, -0.15) is 0 Å². The minimum atomic E-state index is -1.40. The van der Waals surface area contributed by atoms with Crippen LogP contribution in [0, 0.1) is 5.92 Å². The topological polar surface area (TPSA) is 252 Å². The Morgan fingerprint density at radius 3 is 2.03 bits per heavy atom. The molecule has 38 heavy (non-hydrogen) atoms. The monoisotopic (exact) mass is 535 g/mol. The lowest BCUT2D eigenvalue weighted by Crippen LogP contribution is -2.58. The number of carboxylic acid groups (broad SMARTS) is 2. The minimum absolute atomic E-state index is 0.0333. The third-order valence-corrected chi connectivity index (χ3v) is 5.45. The largest absolute Gasteiger partial charge is 0.481 e. The molecule has 14 nitrogen and oxygen atoms in total. The maximum absolute atomic E-state index is 13.1. The summed E-state index contributed by atoms with van der Waals surface area (Å²) in [5.74, 6) is -5.46. The molecule has 0 spiro atoms. The molecule has 0 radical (unpaired) electrons. The predicted octanol–water partition coefficient (Wildman–Crippen LogP) is -1.72. The van der Waals surface area contributed by atoms with Gasteiger partial charge in [0.2, 0.25) is 17.7 Å². The number of benzene rings is 1. The van der Waals surface area contributed by atoms with Gasteiger partial charge in [-0.05, 0) is 24.3 Å². The first-order chi connectivity index (χ1) is 17.8. The zero-order chi connectivity index (χ0) is 28.8. The van der Waals surface area contributed by atoms with E-state index in [-0.39, 0.29) is 31.8 Å². The van der Waals surface area contributed by atoms with Gasteiger partial charge in [-0.1, -0.05) is 44.2 Å². The van der Waals surface area contributed by atoms with E-state index in [1.165, 1.54) is 0 Å². The van der Waals surface area contributed by atoms with Crippen LogP contribution in [0.2, 0.25) is 0 Å². The summed E-state index contributed by atoms with van der Waals surface area (Å²) in [4.78, 5) is 65.0. The van der Waals surface area contributed by atoms with E-state index < -0.39 is 66.2 Å². The summed E-state index contributed by atoms with van der Waals surface area (Å²) in [6.07, 6.45) is -0.303. The minimum Gasteiger partial charge on any atom is -0.481 e. The zero-order valence-corrected chi connectivity index (χ0v) is 21.4. The molecule has 0 bridgehead atoms. The van der Waals surface area contributed by atoms with Gasteiger partial charge in [0, 0.05) is 13.0 Å². The van der Waals surface area contributed by atoms with Gasteiger partial charge in [0.15, 0.2) is 5.96 Å². The second kappa shape index (κ2) is 15.8. The van der Waals surface area contributed by atoms with Gasteiger partial charge in [0.05, 0.1) is 12.5 Å². The van der Waals surface area contributed by atoms with Crippen molar-refractivity contribution in [3.05, 3.63) is 35.9 Å². The number of guanidine groups is 1. The third kappa shape index (κ3) is 11.7. The number of aliphatic carboxylic acids is 2. The van der Waals surface area contributed by atoms with E-state index in [9.17, 15) is 29.1 Å². The first-order valence-corrected chi connectivity index (χ1v) is 12.0. The third-order valence-electron chi connectivity index (χ3n) is 5.45. The fourth-order valence-corrected chi connectivity index (χ4v) is 3.43. The Morgan fingerprint density at radius 1 is 0.895 bits per heavy atom. The number of aliphatic imine (C=N–C) groups is 1. The molecule has 3 amide bonds. The Bertz CT molecular complexity index is 997. The van der Waals surface area contributed by atoms with Crippen LogP contribution in [0.15, 0.2) is 35.3 Å². The van der Waals surface area contributed by atoms with Gasteiger partial charge in [0.25, 0.3) is 0 Å². The van der Waals surface area contributed by atoms with Crippen molar-refractivity contribution in [1.29, 1.82) is 0 Å². The van der Waals surface area contributed by atoms with Crippen molar-refractivity contribution in [1.82, 2.24) is 16.0 Å². The van der Waals surface area contributed by atoms with Crippen LogP contribution < -0.4 is 33.2 Å². The molecule has 0 fully saturated rings. The number of carbonyl (C=O) groups excluding carboxylic acids is 3. The van der Waals surface area contributed by atoms with E-state index in [0.29, 0.717) is 5.56 Å². The predicted molar refractivity (Wildman–Crippen MR) is 139 cm³/mol. The molecular weight excluding hydrogens is 498 g/mol. The van der Waals surface area contributed by atoms with Gasteiger partial charge in [-0.3, -0.25) is 24.2 Å². The van der Waals surface area contributed by atoms with Crippen molar-refractivity contribution >= 4 is 35.6 Å². The van der Waals surface area contributed by atoms with Crippen molar-refractivity contribution < 1.29 is 34.2 Å². The molecule has 0 aromatic heterocycles. The van der Waals surface area contributed by atoms with E-state index in [2.05, 4.69) is 20.9 Å². The van der Waals surface area contributed by atoms with Crippen LogP contribution in [-0.2, 0) is 30.4 Å². The van der Waals surface area contributed by atoms with Gasteiger partial charge < -0.3 is 43.4 Å². The molecule has 210 valence electrons. The summed E-state index contributed by atoms with van der Waals surface area (Å²) in [6.45, 7) is 3.47. The average Bonchev–Trinajstić information content (AvgIpc) is 2.83. The number of hydrogen-bond acceptors (Lipinski definition) is 7. The number of nitrogens with zero attached hydrogens (tertiary/aromatic N) is 1. The number of nitrogens with one attached hydrogen (secondary N) is 3. The van der Waals surface area contributed by atoms with Crippen LogP contribution in [0.1, 0.15) is 38.7 Å². The lowest BCUT2D eigenvalue weighted by atomic mass is 10.00. The van der Waals surface area contributed by atoms with Gasteiger partial charge in [0.1, 0.15) is 18.1 Å². The van der Waals surface area contributed by atoms with Crippen molar-refractivity contribution in [2.45, 2.75) is 63.7 Å². The quantitative estimate of drug-likeness (QED) is 0.0675. The molecule has 4 atom stereocenters. The van der Waals surface area contributed by atoms with E-state index in [4.69, 9.17) is 22.3 Å². The Kier molecular flexibility index (Phi) is 13.2. The first-order valence-electron chi connectivity index (χ1n) is 12.0. The number of nitrogens with two attached hydrogens (primary N) is 3. The lowest BCUT2D eigenvalue weighted by molar-refractivity contribution is -0.142. The van der Waals surface area contributed by atoms with Crippen LogP contribution >= 0.6 is 0 Å². The van der Waals surface area contributed by atoms with Crippen molar-refractivity contribution in [2.24, 2.45) is 28.1 Å². The molecule has 0 saturated carbocycles. The summed E-state index contributed by atoms with van der Waals surface area (Å²) in [7, 11) is 0. The maximum atomic E-state index is 13.1. The molecular formula is C24H37N7O7. The highest BCUT2D eigenvalue weighted by molar-refractivity contribution is 5.94. The molecule has 0 saturated heterocycles. The molecule has 0 aliphatic rings. The Morgan fingerprint density at radius 2 is 1.50 bits per heavy atom. The summed E-state index contributed by atoms with van der Waals surface area (Å²) in [5.41, 5.74) is 16.9. The SMILES string of the molecule is CC(C)C(NC(=O)C(CCCN=C(N)N)NC(=O)C(N)CC(=O)O)C(=O)NC(Cc1ccccc1)C(=O)O. The molecule has 1 aromatic rings. The molecule has 4 unspecified atom stereocenters. The smallest absolute Gasteiger partial charge is 0.326 e. The number of amides is 3. The molecule has 0 heterocycles. The highest BCUT2D eigenvalue weighted by atomic mass is 16.4. The summed E-state index contributed by atoms with van der Waals surface area (Å²) >= 11 is 0. The van der Waals surface area contributed by atoms with Gasteiger partial charge >= 0.3 is 11.9 Å². The molecule has 11 N–H and O–H groups in total. The van der Waals surface area contributed by atoms with Crippen molar-refractivity contribution in [3.63, 3.8) is 0 Å². The molecule has 0 aliphatic heterocycles. The average molecular weight is 536 g/mol. The highest BCUT2D eigenvalue weighted by Crippen LogP contribution is 2.08. The zero-order valence-electron chi connectivity index (χ0n) is 21.4. The maximum Gasteiger partial charge on any atom is 0.326 e. The molecule has 1 rings (SSSR count). The second-order valence-electron chi connectivity index (χ2n) is 9.03. The molecule has 1 aromatic carbocycles. The Balaban J connectivity index is 3.00. The number of rotatable bonds is 16.